The third kappa shape index (κ3) is 4.04. The van der Waals surface area contributed by atoms with E-state index in [9.17, 15) is 9.59 Å². The van der Waals surface area contributed by atoms with E-state index in [4.69, 9.17) is 0 Å². The first-order valence-corrected chi connectivity index (χ1v) is 7.48. The van der Waals surface area contributed by atoms with Crippen molar-refractivity contribution in [2.45, 2.75) is 38.8 Å². The number of benzene rings is 1. The van der Waals surface area contributed by atoms with E-state index in [0.717, 1.165) is 16.6 Å². The number of fused-ring (bicyclic) bond motifs is 1. The van der Waals surface area contributed by atoms with Gasteiger partial charge in [0, 0.05) is 23.5 Å². The van der Waals surface area contributed by atoms with Crippen LogP contribution in [0.3, 0.4) is 0 Å². The van der Waals surface area contributed by atoms with E-state index in [2.05, 4.69) is 15.6 Å². The summed E-state index contributed by atoms with van der Waals surface area (Å²) in [5.74, 6) is -0.164. The smallest absolute Gasteiger partial charge is 0.242 e. The summed E-state index contributed by atoms with van der Waals surface area (Å²) in [5.41, 5.74) is 1.88. The number of pyridine rings is 1. The lowest BCUT2D eigenvalue weighted by Crippen LogP contribution is -2.47. The Bertz CT molecular complexity index is 657. The molecule has 2 amide bonds. The Labute approximate surface area is 130 Å². The van der Waals surface area contributed by atoms with E-state index in [1.54, 1.807) is 0 Å². The number of carbonyl (C=O) groups excluding carboxylic acids is 2. The molecule has 2 N–H and O–H groups in total. The average molecular weight is 299 g/mol. The van der Waals surface area contributed by atoms with Gasteiger partial charge in [0.15, 0.2) is 0 Å². The van der Waals surface area contributed by atoms with Crippen LogP contribution >= 0.6 is 0 Å². The van der Waals surface area contributed by atoms with Gasteiger partial charge in [0.05, 0.1) is 5.52 Å². The standard InChI is InChI=1S/C17H21N3O2/c1-3-15(18-11-21)17(22)19-12(2)10-14-9-8-13-6-4-5-7-16(13)20-14/h4-9,11-12,15H,3,10H2,1-2H3,(H,18,21)(H,19,22)/t12?,15-/m0/s1. The first kappa shape index (κ1) is 15.9. The van der Waals surface area contributed by atoms with Crippen molar-refractivity contribution in [3.05, 3.63) is 42.1 Å². The average Bonchev–Trinajstić information content (AvgIpc) is 2.52. The molecule has 0 aliphatic carbocycles. The van der Waals surface area contributed by atoms with Crippen LogP contribution in [-0.2, 0) is 16.0 Å². The van der Waals surface area contributed by atoms with Gasteiger partial charge in [0.1, 0.15) is 6.04 Å². The summed E-state index contributed by atoms with van der Waals surface area (Å²) in [6.45, 7) is 3.79. The molecule has 0 fully saturated rings. The number of carbonyl (C=O) groups is 2. The van der Waals surface area contributed by atoms with Crippen molar-refractivity contribution in [3.63, 3.8) is 0 Å². The van der Waals surface area contributed by atoms with Gasteiger partial charge in [-0.25, -0.2) is 0 Å². The van der Waals surface area contributed by atoms with Gasteiger partial charge >= 0.3 is 0 Å². The van der Waals surface area contributed by atoms with Gasteiger partial charge in [-0.05, 0) is 25.5 Å². The molecule has 5 heteroatoms. The molecule has 2 atom stereocenters. The molecular weight excluding hydrogens is 278 g/mol. The van der Waals surface area contributed by atoms with Gasteiger partial charge in [0.2, 0.25) is 12.3 Å². The summed E-state index contributed by atoms with van der Waals surface area (Å²) < 4.78 is 0. The first-order valence-electron chi connectivity index (χ1n) is 7.48. The predicted octanol–water partition coefficient (Wildman–Crippen LogP) is 1.81. The molecule has 1 unspecified atom stereocenters. The van der Waals surface area contributed by atoms with Crippen LogP contribution in [0.5, 0.6) is 0 Å². The number of nitrogens with zero attached hydrogens (tertiary/aromatic N) is 1. The van der Waals surface area contributed by atoms with Gasteiger partial charge in [-0.1, -0.05) is 31.2 Å². The van der Waals surface area contributed by atoms with E-state index in [0.29, 0.717) is 19.3 Å². The SMILES string of the molecule is CC[C@H](NC=O)C(=O)NC(C)Cc1ccc2ccccc2n1. The van der Waals surface area contributed by atoms with Crippen LogP contribution in [0.4, 0.5) is 0 Å². The lowest BCUT2D eigenvalue weighted by atomic mass is 10.1. The minimum absolute atomic E-state index is 0.0522. The summed E-state index contributed by atoms with van der Waals surface area (Å²) >= 11 is 0. The molecule has 0 bridgehead atoms. The number of nitrogens with one attached hydrogen (secondary N) is 2. The molecule has 0 saturated heterocycles. The van der Waals surface area contributed by atoms with E-state index >= 15 is 0 Å². The Morgan fingerprint density at radius 3 is 2.77 bits per heavy atom. The Balaban J connectivity index is 1.99. The van der Waals surface area contributed by atoms with Gasteiger partial charge < -0.3 is 10.6 Å². The Kier molecular flexibility index (Phi) is 5.47. The molecule has 2 aromatic rings. The molecule has 0 saturated carbocycles. The number of hydrogen-bond donors (Lipinski definition) is 2. The minimum atomic E-state index is -0.482. The zero-order valence-corrected chi connectivity index (χ0v) is 12.9. The fraction of sp³-hybridized carbons (Fsp3) is 0.353. The quantitative estimate of drug-likeness (QED) is 0.766. The number of rotatable bonds is 7. The molecule has 2 rings (SSSR count). The van der Waals surface area contributed by atoms with Gasteiger partial charge in [-0.3, -0.25) is 14.6 Å². The maximum Gasteiger partial charge on any atom is 0.242 e. The molecule has 1 aromatic carbocycles. The fourth-order valence-corrected chi connectivity index (χ4v) is 2.39. The Hall–Kier alpha value is -2.43. The first-order chi connectivity index (χ1) is 10.6. The van der Waals surface area contributed by atoms with E-state index < -0.39 is 6.04 Å². The molecule has 0 aliphatic heterocycles. The van der Waals surface area contributed by atoms with Gasteiger partial charge in [0.25, 0.3) is 0 Å². The summed E-state index contributed by atoms with van der Waals surface area (Å²) in [6, 6.07) is 11.4. The number of aromatic nitrogens is 1. The molecular formula is C17H21N3O2. The van der Waals surface area contributed by atoms with Crippen molar-refractivity contribution < 1.29 is 9.59 Å². The largest absolute Gasteiger partial charge is 0.351 e. The third-order valence-corrected chi connectivity index (χ3v) is 3.55. The zero-order chi connectivity index (χ0) is 15.9. The molecule has 0 aliphatic rings. The molecule has 116 valence electrons. The Morgan fingerprint density at radius 2 is 2.05 bits per heavy atom. The third-order valence-electron chi connectivity index (χ3n) is 3.55. The molecule has 1 aromatic heterocycles. The van der Waals surface area contributed by atoms with Crippen LogP contribution in [0, 0.1) is 0 Å². The highest BCUT2D eigenvalue weighted by Crippen LogP contribution is 2.12. The second-order valence-electron chi connectivity index (χ2n) is 5.35. The highest BCUT2D eigenvalue weighted by Gasteiger charge is 2.17. The van der Waals surface area contributed by atoms with E-state index in [1.807, 2.05) is 50.2 Å². The van der Waals surface area contributed by atoms with Crippen LogP contribution < -0.4 is 10.6 Å². The van der Waals surface area contributed by atoms with E-state index in [1.165, 1.54) is 0 Å². The highest BCUT2D eigenvalue weighted by atomic mass is 16.2. The van der Waals surface area contributed by atoms with Crippen LogP contribution in [0.25, 0.3) is 10.9 Å². The van der Waals surface area contributed by atoms with E-state index in [-0.39, 0.29) is 11.9 Å². The minimum Gasteiger partial charge on any atom is -0.351 e. The van der Waals surface area contributed by atoms with Gasteiger partial charge in [-0.2, -0.15) is 0 Å². The number of amides is 2. The second kappa shape index (κ2) is 7.54. The van der Waals surface area contributed by atoms with Crippen LogP contribution in [0.15, 0.2) is 36.4 Å². The van der Waals surface area contributed by atoms with Crippen molar-refractivity contribution in [2.75, 3.05) is 0 Å². The summed E-state index contributed by atoms with van der Waals surface area (Å²) in [5, 5.41) is 6.53. The van der Waals surface area contributed by atoms with Crippen LogP contribution in [0.2, 0.25) is 0 Å². The van der Waals surface area contributed by atoms with Crippen LogP contribution in [-0.4, -0.2) is 29.4 Å². The molecule has 0 spiro atoms. The number of para-hydroxylation sites is 1. The topological polar surface area (TPSA) is 71.1 Å². The maximum atomic E-state index is 12.0. The highest BCUT2D eigenvalue weighted by molar-refractivity contribution is 5.83. The van der Waals surface area contributed by atoms with Crippen molar-refractivity contribution in [3.8, 4) is 0 Å². The van der Waals surface area contributed by atoms with Crippen molar-refractivity contribution in [2.24, 2.45) is 0 Å². The van der Waals surface area contributed by atoms with Crippen LogP contribution in [0.1, 0.15) is 26.0 Å². The van der Waals surface area contributed by atoms with Crippen molar-refractivity contribution in [1.29, 1.82) is 0 Å². The lowest BCUT2D eigenvalue weighted by Gasteiger charge is -2.18. The van der Waals surface area contributed by atoms with Crippen molar-refractivity contribution >= 4 is 23.2 Å². The number of hydrogen-bond acceptors (Lipinski definition) is 3. The summed E-state index contributed by atoms with van der Waals surface area (Å²) in [6.07, 6.45) is 1.77. The molecule has 1 heterocycles. The molecule has 0 radical (unpaired) electrons. The van der Waals surface area contributed by atoms with Crippen molar-refractivity contribution in [1.82, 2.24) is 15.6 Å². The summed E-state index contributed by atoms with van der Waals surface area (Å²) in [4.78, 5) is 27.1. The summed E-state index contributed by atoms with van der Waals surface area (Å²) in [7, 11) is 0. The van der Waals surface area contributed by atoms with Gasteiger partial charge in [-0.15, -0.1) is 0 Å². The maximum absolute atomic E-state index is 12.0. The Morgan fingerprint density at radius 1 is 1.27 bits per heavy atom. The second-order valence-corrected chi connectivity index (χ2v) is 5.35. The monoisotopic (exact) mass is 299 g/mol. The molecule has 5 nitrogen and oxygen atoms in total. The normalized spacial score (nSPS) is 13.4. The predicted molar refractivity (Wildman–Crippen MR) is 86.3 cm³/mol. The lowest BCUT2D eigenvalue weighted by molar-refractivity contribution is -0.125. The zero-order valence-electron chi connectivity index (χ0n) is 12.9. The molecule has 22 heavy (non-hydrogen) atoms. The fourth-order valence-electron chi connectivity index (χ4n) is 2.39.